The van der Waals surface area contributed by atoms with Crippen molar-refractivity contribution in [2.75, 3.05) is 13.1 Å². The molecule has 0 saturated heterocycles. The molecule has 0 aliphatic carbocycles. The smallest absolute Gasteiger partial charge is 0.263 e. The number of carbonyl (C=O) groups excluding carboxylic acids is 2. The molecule has 2 unspecified atom stereocenters. The van der Waals surface area contributed by atoms with E-state index in [1.54, 1.807) is 30.0 Å². The van der Waals surface area contributed by atoms with Crippen LogP contribution in [0.1, 0.15) is 140 Å². The first-order valence-corrected chi connectivity index (χ1v) is 17.6. The van der Waals surface area contributed by atoms with Crippen LogP contribution in [0.5, 0.6) is 5.88 Å². The topological polar surface area (TPSA) is 118 Å². The number of nitrogens with one attached hydrogen (secondary N) is 1. The average Bonchev–Trinajstić information content (AvgIpc) is 3.02. The van der Waals surface area contributed by atoms with Crippen LogP contribution in [0.4, 0.5) is 11.4 Å². The van der Waals surface area contributed by atoms with Crippen LogP contribution >= 0.6 is 0 Å². The summed E-state index contributed by atoms with van der Waals surface area (Å²) >= 11 is 0. The number of hydrogen-bond donors (Lipinski definition) is 2. The van der Waals surface area contributed by atoms with Crippen molar-refractivity contribution in [2.45, 2.75) is 132 Å². The summed E-state index contributed by atoms with van der Waals surface area (Å²) in [5.74, 6) is -0.136. The predicted molar refractivity (Wildman–Crippen MR) is 188 cm³/mol. The quantitative estimate of drug-likeness (QED) is 0.149. The molecule has 2 atom stereocenters. The number of unbranched alkanes of at least 4 members (excludes halogenated alkanes) is 2. The van der Waals surface area contributed by atoms with Crippen LogP contribution in [0.25, 0.3) is 0 Å². The molecular formula is C37H59N5O4. The highest BCUT2D eigenvalue weighted by molar-refractivity contribution is 5.99. The lowest BCUT2D eigenvalue weighted by Crippen LogP contribution is -2.44. The summed E-state index contributed by atoms with van der Waals surface area (Å²) < 4.78 is 0. The molecule has 256 valence electrons. The summed E-state index contributed by atoms with van der Waals surface area (Å²) in [7, 11) is 0. The summed E-state index contributed by atoms with van der Waals surface area (Å²) in [6.45, 7) is 19.6. The number of amides is 2. The molecule has 0 fully saturated rings. The molecule has 2 rings (SSSR count). The lowest BCUT2D eigenvalue weighted by Gasteiger charge is -2.31. The van der Waals surface area contributed by atoms with Gasteiger partial charge in [0.2, 0.25) is 5.88 Å². The number of rotatable bonds is 19. The van der Waals surface area contributed by atoms with Crippen molar-refractivity contribution in [3.63, 3.8) is 0 Å². The molecular weight excluding hydrogens is 578 g/mol. The molecule has 0 radical (unpaired) electrons. The van der Waals surface area contributed by atoms with Gasteiger partial charge in [0.05, 0.1) is 11.3 Å². The van der Waals surface area contributed by atoms with Gasteiger partial charge in [-0.2, -0.15) is 0 Å². The minimum absolute atomic E-state index is 0.0215. The summed E-state index contributed by atoms with van der Waals surface area (Å²) in [5, 5.41) is 19.6. The number of aromatic nitrogens is 1. The average molecular weight is 638 g/mol. The van der Waals surface area contributed by atoms with Crippen molar-refractivity contribution in [3.05, 3.63) is 51.3 Å². The second kappa shape index (κ2) is 19.2. The number of nitrogens with zero attached hydrogens (tertiary/aromatic N) is 4. The number of pyridine rings is 1. The Morgan fingerprint density at radius 3 is 1.85 bits per heavy atom. The second-order valence-corrected chi connectivity index (χ2v) is 13.0. The Morgan fingerprint density at radius 1 is 0.826 bits per heavy atom. The largest absolute Gasteiger partial charge is 0.493 e. The maximum atomic E-state index is 14.3. The first-order valence-electron chi connectivity index (χ1n) is 17.6. The van der Waals surface area contributed by atoms with Crippen molar-refractivity contribution in [1.82, 2.24) is 14.8 Å². The Kier molecular flexibility index (Phi) is 16.2. The van der Waals surface area contributed by atoms with Gasteiger partial charge >= 0.3 is 0 Å². The zero-order valence-corrected chi connectivity index (χ0v) is 29.9. The Morgan fingerprint density at radius 2 is 1.37 bits per heavy atom. The molecule has 2 aromatic rings. The molecule has 9 nitrogen and oxygen atoms in total. The van der Waals surface area contributed by atoms with E-state index in [0.29, 0.717) is 41.7 Å². The van der Waals surface area contributed by atoms with E-state index in [-0.39, 0.29) is 35.7 Å². The highest BCUT2D eigenvalue weighted by Crippen LogP contribution is 2.33. The number of azo groups is 1. The summed E-state index contributed by atoms with van der Waals surface area (Å²) in [5.41, 5.74) is 0.419. The molecule has 0 bridgehead atoms. The fourth-order valence-electron chi connectivity index (χ4n) is 6.21. The highest BCUT2D eigenvalue weighted by Gasteiger charge is 2.29. The van der Waals surface area contributed by atoms with Crippen molar-refractivity contribution in [3.8, 4) is 5.88 Å². The number of aromatic amines is 1. The summed E-state index contributed by atoms with van der Waals surface area (Å²) in [6, 6.07) is 6.85. The number of carbonyl (C=O) groups is 2. The van der Waals surface area contributed by atoms with Crippen molar-refractivity contribution in [1.29, 1.82) is 0 Å². The Hall–Kier alpha value is -3.49. The summed E-state index contributed by atoms with van der Waals surface area (Å²) in [6.07, 6.45) is 8.98. The number of aromatic hydroxyl groups is 1. The van der Waals surface area contributed by atoms with E-state index in [1.165, 1.54) is 0 Å². The third-order valence-electron chi connectivity index (χ3n) is 8.91. The summed E-state index contributed by atoms with van der Waals surface area (Å²) in [4.78, 5) is 47.0. The van der Waals surface area contributed by atoms with Crippen molar-refractivity contribution < 1.29 is 14.7 Å². The van der Waals surface area contributed by atoms with Crippen LogP contribution in [-0.4, -0.2) is 56.9 Å². The lowest BCUT2D eigenvalue weighted by molar-refractivity contribution is 0.0639. The first kappa shape index (κ1) is 38.7. The van der Waals surface area contributed by atoms with Gasteiger partial charge in [0.15, 0.2) is 0 Å². The zero-order chi connectivity index (χ0) is 34.4. The molecule has 2 N–H and O–H groups in total. The molecule has 9 heteroatoms. The maximum Gasteiger partial charge on any atom is 0.263 e. The van der Waals surface area contributed by atoms with Gasteiger partial charge in [0.25, 0.3) is 17.4 Å². The van der Waals surface area contributed by atoms with Crippen LogP contribution in [0.15, 0.2) is 39.3 Å². The van der Waals surface area contributed by atoms with Crippen LogP contribution in [0, 0.1) is 11.8 Å². The van der Waals surface area contributed by atoms with Gasteiger partial charge in [-0.15, -0.1) is 10.2 Å². The molecule has 1 heterocycles. The minimum Gasteiger partial charge on any atom is -0.493 e. The first-order chi connectivity index (χ1) is 21.9. The maximum absolute atomic E-state index is 14.3. The van der Waals surface area contributed by atoms with Crippen LogP contribution in [0.3, 0.4) is 0 Å². The van der Waals surface area contributed by atoms with E-state index in [9.17, 15) is 19.5 Å². The fourth-order valence-corrected chi connectivity index (χ4v) is 6.21. The van der Waals surface area contributed by atoms with Gasteiger partial charge in [0.1, 0.15) is 11.3 Å². The predicted octanol–water partition coefficient (Wildman–Crippen LogP) is 9.19. The zero-order valence-electron chi connectivity index (χ0n) is 29.9. The van der Waals surface area contributed by atoms with Crippen molar-refractivity contribution in [2.24, 2.45) is 22.1 Å². The van der Waals surface area contributed by atoms with Gasteiger partial charge in [0, 0.05) is 30.7 Å². The van der Waals surface area contributed by atoms with E-state index in [0.717, 1.165) is 51.4 Å². The van der Waals surface area contributed by atoms with Crippen LogP contribution in [-0.2, 0) is 6.42 Å². The van der Waals surface area contributed by atoms with Gasteiger partial charge in [-0.1, -0.05) is 85.3 Å². The van der Waals surface area contributed by atoms with E-state index in [4.69, 9.17) is 0 Å². The molecule has 46 heavy (non-hydrogen) atoms. The van der Waals surface area contributed by atoms with Crippen LogP contribution in [0.2, 0.25) is 0 Å². The third-order valence-corrected chi connectivity index (χ3v) is 8.91. The fraction of sp³-hybridized carbons (Fsp3) is 0.649. The monoisotopic (exact) mass is 637 g/mol. The standard InChI is InChI=1S/C37H59N5O4/c1-10-15-19-27(12-3)23-41(24-28(13-4)20-16-11-2)36(45)30-21-17-18-22-31(30)39-40-33-29(14-5)32(34(43)38-35(33)44)37(46)42(25(6)7)26(8)9/h17-18,21-22,25-28H,10-16,19-20,23-24H2,1-9H3,(H2,38,43,44)/b40-39+. The number of benzene rings is 1. The Bertz CT molecular complexity index is 1320. The van der Waals surface area contributed by atoms with E-state index >= 15 is 0 Å². The van der Waals surface area contributed by atoms with Crippen molar-refractivity contribution >= 4 is 23.2 Å². The van der Waals surface area contributed by atoms with Gasteiger partial charge in [-0.25, -0.2) is 0 Å². The molecule has 2 amide bonds. The molecule has 0 aliphatic heterocycles. The van der Waals surface area contributed by atoms with E-state index in [1.807, 2.05) is 38.7 Å². The molecule has 0 aliphatic rings. The van der Waals surface area contributed by atoms with E-state index in [2.05, 4.69) is 42.9 Å². The van der Waals surface area contributed by atoms with Gasteiger partial charge < -0.3 is 14.9 Å². The number of H-pyrrole nitrogens is 1. The molecule has 1 aromatic heterocycles. The number of hydrogen-bond acceptors (Lipinski definition) is 6. The SMILES string of the molecule is CCCCC(CC)CN(CC(CC)CCCC)C(=O)c1ccccc1/N=N/c1c(O)[nH]c(=O)c(C(=O)N(C(C)C)C(C)C)c1CC. The minimum atomic E-state index is -0.669. The van der Waals surface area contributed by atoms with Gasteiger partial charge in [-0.3, -0.25) is 19.4 Å². The highest BCUT2D eigenvalue weighted by atomic mass is 16.3. The van der Waals surface area contributed by atoms with Gasteiger partial charge in [-0.05, 0) is 70.9 Å². The third kappa shape index (κ3) is 10.3. The normalized spacial score (nSPS) is 13.0. The van der Waals surface area contributed by atoms with E-state index < -0.39 is 17.3 Å². The van der Waals surface area contributed by atoms with Crippen LogP contribution < -0.4 is 5.56 Å². The second-order valence-electron chi connectivity index (χ2n) is 13.0. The Labute approximate surface area is 276 Å². The Balaban J connectivity index is 2.59. The molecule has 0 spiro atoms. The molecule has 0 saturated carbocycles. The lowest BCUT2D eigenvalue weighted by atomic mass is 9.95. The molecule has 1 aromatic carbocycles.